The molecule has 1 unspecified atom stereocenters. The molecule has 4 N–H and O–H groups in total. The Kier molecular flexibility index (Phi) is 4.36. The molecule has 4 aromatic heterocycles. The molecule has 0 aliphatic carbocycles. The number of aromatic nitrogens is 6. The number of imidazole rings is 1. The standard InChI is InChI=1S/C21H18FN7O/c1-2-17(30)25-13-6-12(9-23-10-13)11-7-14-18(15(22)8-11)28-29-19(14)21-26-16-4-3-5-24-20(16)27-21/h3-10,17,25,30H,2H2,1H3,(H,28,29)(H,24,26,27). The van der Waals surface area contributed by atoms with Crippen LogP contribution in [0.4, 0.5) is 10.1 Å². The van der Waals surface area contributed by atoms with Crippen LogP contribution in [0.15, 0.2) is 48.9 Å². The number of H-pyrrole nitrogens is 2. The second kappa shape index (κ2) is 7.20. The molecule has 5 aromatic rings. The van der Waals surface area contributed by atoms with E-state index in [-0.39, 0.29) is 5.52 Å². The topological polar surface area (TPSA) is 115 Å². The number of nitrogens with zero attached hydrogens (tertiary/aromatic N) is 4. The highest BCUT2D eigenvalue weighted by Crippen LogP contribution is 2.32. The maximum Gasteiger partial charge on any atom is 0.178 e. The Morgan fingerprint density at radius 3 is 2.93 bits per heavy atom. The largest absolute Gasteiger partial charge is 0.374 e. The third-order valence-corrected chi connectivity index (χ3v) is 4.90. The molecule has 0 saturated carbocycles. The summed E-state index contributed by atoms with van der Waals surface area (Å²) in [6, 6.07) is 8.77. The highest BCUT2D eigenvalue weighted by atomic mass is 19.1. The van der Waals surface area contributed by atoms with Gasteiger partial charge in [-0.3, -0.25) is 10.1 Å². The van der Waals surface area contributed by atoms with Crippen molar-refractivity contribution in [2.45, 2.75) is 19.6 Å². The normalized spacial score (nSPS) is 12.5. The Morgan fingerprint density at radius 2 is 2.10 bits per heavy atom. The average Bonchev–Trinajstić information content (AvgIpc) is 3.38. The molecule has 4 heterocycles. The quantitative estimate of drug-likeness (QED) is 0.331. The monoisotopic (exact) mass is 403 g/mol. The van der Waals surface area contributed by atoms with Crippen LogP contribution in [0.1, 0.15) is 13.3 Å². The van der Waals surface area contributed by atoms with Crippen molar-refractivity contribution in [3.63, 3.8) is 0 Å². The number of aliphatic hydroxyl groups is 1. The number of rotatable bonds is 5. The van der Waals surface area contributed by atoms with Gasteiger partial charge >= 0.3 is 0 Å². The number of anilines is 1. The molecule has 0 aliphatic rings. The van der Waals surface area contributed by atoms with Crippen LogP contribution >= 0.6 is 0 Å². The molecule has 5 rings (SSSR count). The zero-order valence-electron chi connectivity index (χ0n) is 16.0. The summed E-state index contributed by atoms with van der Waals surface area (Å²) < 4.78 is 14.8. The maximum absolute atomic E-state index is 14.8. The minimum atomic E-state index is -0.677. The Morgan fingerprint density at radius 1 is 1.20 bits per heavy atom. The lowest BCUT2D eigenvalue weighted by atomic mass is 10.0. The fourth-order valence-corrected chi connectivity index (χ4v) is 3.36. The third-order valence-electron chi connectivity index (χ3n) is 4.90. The van der Waals surface area contributed by atoms with Gasteiger partial charge in [0.25, 0.3) is 0 Å². The highest BCUT2D eigenvalue weighted by molar-refractivity contribution is 5.95. The van der Waals surface area contributed by atoms with Gasteiger partial charge in [-0.1, -0.05) is 6.92 Å². The lowest BCUT2D eigenvalue weighted by Crippen LogP contribution is -2.16. The summed E-state index contributed by atoms with van der Waals surface area (Å²) in [4.78, 5) is 16.1. The van der Waals surface area contributed by atoms with Crippen molar-refractivity contribution in [2.24, 2.45) is 0 Å². The molecule has 8 nitrogen and oxygen atoms in total. The molecule has 0 spiro atoms. The average molecular weight is 403 g/mol. The summed E-state index contributed by atoms with van der Waals surface area (Å²) in [5.74, 6) is 0.0774. The van der Waals surface area contributed by atoms with Crippen LogP contribution < -0.4 is 5.32 Å². The predicted molar refractivity (Wildman–Crippen MR) is 112 cm³/mol. The Hall–Kier alpha value is -3.85. The van der Waals surface area contributed by atoms with Gasteiger partial charge in [0.2, 0.25) is 0 Å². The van der Waals surface area contributed by atoms with Crippen LogP contribution in [0.3, 0.4) is 0 Å². The Balaban J connectivity index is 1.61. The van der Waals surface area contributed by atoms with Crippen LogP contribution in [0.25, 0.3) is 44.7 Å². The number of hydrogen-bond donors (Lipinski definition) is 4. The van der Waals surface area contributed by atoms with E-state index < -0.39 is 12.0 Å². The summed E-state index contributed by atoms with van der Waals surface area (Å²) in [5, 5.41) is 20.4. The summed E-state index contributed by atoms with van der Waals surface area (Å²) in [7, 11) is 0. The molecule has 0 aliphatic heterocycles. The van der Waals surface area contributed by atoms with E-state index in [1.807, 2.05) is 31.2 Å². The van der Waals surface area contributed by atoms with Crippen LogP contribution in [0.5, 0.6) is 0 Å². The Bertz CT molecular complexity index is 1330. The third kappa shape index (κ3) is 3.15. The van der Waals surface area contributed by atoms with Crippen molar-refractivity contribution in [2.75, 3.05) is 5.32 Å². The maximum atomic E-state index is 14.8. The lowest BCUT2D eigenvalue weighted by Gasteiger charge is -2.12. The minimum Gasteiger partial charge on any atom is -0.374 e. The number of pyridine rings is 2. The molecule has 1 aromatic carbocycles. The predicted octanol–water partition coefficient (Wildman–Crippen LogP) is 3.84. The Labute approximate surface area is 170 Å². The van der Waals surface area contributed by atoms with Gasteiger partial charge in [0.15, 0.2) is 17.3 Å². The molecular weight excluding hydrogens is 385 g/mol. The molecule has 0 radical (unpaired) electrons. The number of aliphatic hydroxyl groups excluding tert-OH is 1. The zero-order valence-corrected chi connectivity index (χ0v) is 16.0. The first kappa shape index (κ1) is 18.2. The van der Waals surface area contributed by atoms with Gasteiger partial charge in [-0.15, -0.1) is 0 Å². The molecule has 9 heteroatoms. The molecular formula is C21H18FN7O. The van der Waals surface area contributed by atoms with Gasteiger partial charge in [0.1, 0.15) is 17.4 Å². The fourth-order valence-electron chi connectivity index (χ4n) is 3.36. The fraction of sp³-hybridized carbons (Fsp3) is 0.143. The number of hydrogen-bond acceptors (Lipinski definition) is 6. The van der Waals surface area contributed by atoms with E-state index in [0.29, 0.717) is 45.8 Å². The molecule has 0 saturated heterocycles. The van der Waals surface area contributed by atoms with Gasteiger partial charge in [-0.05, 0) is 42.3 Å². The molecule has 150 valence electrons. The van der Waals surface area contributed by atoms with Crippen molar-refractivity contribution in [1.82, 2.24) is 30.1 Å². The molecule has 1 atom stereocenters. The van der Waals surface area contributed by atoms with Crippen LogP contribution in [0.2, 0.25) is 0 Å². The number of nitrogens with one attached hydrogen (secondary N) is 3. The first-order valence-electron chi connectivity index (χ1n) is 9.51. The van der Waals surface area contributed by atoms with Crippen molar-refractivity contribution >= 4 is 27.8 Å². The van der Waals surface area contributed by atoms with E-state index in [4.69, 9.17) is 0 Å². The SMILES string of the molecule is CCC(O)Nc1cncc(-c2cc(F)c3n[nH]c(-c4nc5ncccc5[nH]4)c3c2)c1. The van der Waals surface area contributed by atoms with E-state index in [9.17, 15) is 9.50 Å². The van der Waals surface area contributed by atoms with Gasteiger partial charge in [0, 0.05) is 23.3 Å². The second-order valence-corrected chi connectivity index (χ2v) is 6.94. The van der Waals surface area contributed by atoms with Crippen molar-refractivity contribution < 1.29 is 9.50 Å². The van der Waals surface area contributed by atoms with E-state index >= 15 is 0 Å². The van der Waals surface area contributed by atoms with Gasteiger partial charge in [0.05, 0.1) is 17.4 Å². The zero-order chi connectivity index (χ0) is 20.7. The van der Waals surface area contributed by atoms with Crippen LogP contribution in [0, 0.1) is 5.82 Å². The summed E-state index contributed by atoms with van der Waals surface area (Å²) in [6.45, 7) is 1.87. The second-order valence-electron chi connectivity index (χ2n) is 6.94. The number of halogens is 1. The number of fused-ring (bicyclic) bond motifs is 2. The lowest BCUT2D eigenvalue weighted by molar-refractivity contribution is 0.199. The van der Waals surface area contributed by atoms with E-state index in [0.717, 1.165) is 5.52 Å². The van der Waals surface area contributed by atoms with Gasteiger partial charge in [-0.2, -0.15) is 5.10 Å². The number of benzene rings is 1. The molecule has 30 heavy (non-hydrogen) atoms. The summed E-state index contributed by atoms with van der Waals surface area (Å²) in [6.07, 6.45) is 4.80. The molecule has 0 bridgehead atoms. The van der Waals surface area contributed by atoms with E-state index in [1.165, 1.54) is 6.07 Å². The molecule has 0 fully saturated rings. The van der Waals surface area contributed by atoms with Crippen molar-refractivity contribution in [1.29, 1.82) is 0 Å². The smallest absolute Gasteiger partial charge is 0.178 e. The summed E-state index contributed by atoms with van der Waals surface area (Å²) >= 11 is 0. The van der Waals surface area contributed by atoms with Crippen molar-refractivity contribution in [3.05, 3.63) is 54.7 Å². The van der Waals surface area contributed by atoms with Crippen LogP contribution in [-0.2, 0) is 0 Å². The number of aromatic amines is 2. The van der Waals surface area contributed by atoms with Crippen molar-refractivity contribution in [3.8, 4) is 22.6 Å². The minimum absolute atomic E-state index is 0.228. The highest BCUT2D eigenvalue weighted by Gasteiger charge is 2.17. The van der Waals surface area contributed by atoms with Gasteiger partial charge < -0.3 is 15.4 Å². The first-order valence-corrected chi connectivity index (χ1v) is 9.51. The van der Waals surface area contributed by atoms with Crippen LogP contribution in [-0.4, -0.2) is 41.5 Å². The van der Waals surface area contributed by atoms with Gasteiger partial charge in [-0.25, -0.2) is 14.4 Å². The molecule has 0 amide bonds. The first-order chi connectivity index (χ1) is 14.6. The van der Waals surface area contributed by atoms with E-state index in [1.54, 1.807) is 18.6 Å². The van der Waals surface area contributed by atoms with E-state index in [2.05, 4.69) is 35.5 Å². The summed E-state index contributed by atoms with van der Waals surface area (Å²) in [5.41, 5.74) is 4.16.